The topological polar surface area (TPSA) is 128 Å². The molecule has 0 aliphatic rings. The van der Waals surface area contributed by atoms with Crippen LogP contribution in [0.4, 0.5) is 10.5 Å². The molecule has 1 unspecified atom stereocenters. The molecule has 0 aromatic heterocycles. The highest BCUT2D eigenvalue weighted by Crippen LogP contribution is 2.25. The predicted octanol–water partition coefficient (Wildman–Crippen LogP) is 2.12. The van der Waals surface area contributed by atoms with Gasteiger partial charge < -0.3 is 19.9 Å². The molecule has 1 aromatic carbocycles. The number of hydrogen-bond acceptors (Lipinski definition) is 6. The smallest absolute Gasteiger partial charge is 0.408 e. The highest BCUT2D eigenvalue weighted by molar-refractivity contribution is 5.80. The highest BCUT2D eigenvalue weighted by atomic mass is 16.6. The number of rotatable bonds is 6. The maximum atomic E-state index is 11.8. The monoisotopic (exact) mass is 340 g/mol. The number of carbonyl (C=O) groups excluding carboxylic acids is 1. The molecule has 1 amide bonds. The van der Waals surface area contributed by atoms with E-state index in [1.54, 1.807) is 20.8 Å². The van der Waals surface area contributed by atoms with Crippen LogP contribution < -0.4 is 10.1 Å². The number of alkyl carbamates (subject to hydrolysis) is 1. The van der Waals surface area contributed by atoms with Crippen LogP contribution in [0, 0.1) is 10.1 Å². The number of nitrogens with zero attached hydrogens (tertiary/aromatic N) is 1. The van der Waals surface area contributed by atoms with Gasteiger partial charge in [-0.15, -0.1) is 0 Å². The van der Waals surface area contributed by atoms with Gasteiger partial charge in [-0.3, -0.25) is 10.1 Å². The average Bonchev–Trinajstić information content (AvgIpc) is 2.43. The lowest BCUT2D eigenvalue weighted by molar-refractivity contribution is -0.385. The quantitative estimate of drug-likeness (QED) is 0.599. The number of carboxylic acids is 1. The van der Waals surface area contributed by atoms with Crippen LogP contribution >= 0.6 is 0 Å². The van der Waals surface area contributed by atoms with Crippen molar-refractivity contribution in [3.8, 4) is 5.75 Å². The summed E-state index contributed by atoms with van der Waals surface area (Å²) in [6.45, 7) is 4.90. The Kier molecular flexibility index (Phi) is 6.10. The Hall–Kier alpha value is -2.84. The SMILES string of the molecule is COc1ccc([N+](=O)[O-])c(CC(NC(=O)OC(C)(C)C)C(=O)O)c1. The molecule has 2 N–H and O–H groups in total. The molecule has 0 saturated heterocycles. The van der Waals surface area contributed by atoms with Crippen LogP contribution in [0.15, 0.2) is 18.2 Å². The molecule has 1 rings (SSSR count). The van der Waals surface area contributed by atoms with Gasteiger partial charge in [0.15, 0.2) is 0 Å². The van der Waals surface area contributed by atoms with Gasteiger partial charge in [0, 0.05) is 18.1 Å². The zero-order valence-electron chi connectivity index (χ0n) is 13.9. The molecule has 0 aliphatic heterocycles. The van der Waals surface area contributed by atoms with E-state index in [0.717, 1.165) is 0 Å². The molecule has 1 aromatic rings. The molecule has 0 bridgehead atoms. The summed E-state index contributed by atoms with van der Waals surface area (Å²) in [7, 11) is 1.39. The van der Waals surface area contributed by atoms with Gasteiger partial charge in [0.1, 0.15) is 17.4 Å². The fourth-order valence-corrected chi connectivity index (χ4v) is 1.90. The summed E-state index contributed by atoms with van der Waals surface area (Å²) >= 11 is 0. The molecule has 0 spiro atoms. The van der Waals surface area contributed by atoms with Crippen molar-refractivity contribution >= 4 is 17.7 Å². The zero-order valence-corrected chi connectivity index (χ0v) is 13.9. The molecule has 9 heteroatoms. The number of nitrogens with one attached hydrogen (secondary N) is 1. The minimum Gasteiger partial charge on any atom is -0.497 e. The lowest BCUT2D eigenvalue weighted by Crippen LogP contribution is -2.44. The largest absolute Gasteiger partial charge is 0.497 e. The second-order valence-electron chi connectivity index (χ2n) is 5.99. The second-order valence-corrected chi connectivity index (χ2v) is 5.99. The zero-order chi connectivity index (χ0) is 18.5. The van der Waals surface area contributed by atoms with Gasteiger partial charge in [-0.25, -0.2) is 9.59 Å². The first kappa shape index (κ1) is 19.2. The number of aliphatic carboxylic acids is 1. The van der Waals surface area contributed by atoms with Gasteiger partial charge in [-0.1, -0.05) is 0 Å². The third-order valence-electron chi connectivity index (χ3n) is 2.90. The van der Waals surface area contributed by atoms with Crippen LogP contribution in [0.25, 0.3) is 0 Å². The molecule has 0 saturated carbocycles. The minimum absolute atomic E-state index is 0.128. The van der Waals surface area contributed by atoms with Crippen LogP contribution in [-0.4, -0.2) is 40.8 Å². The van der Waals surface area contributed by atoms with Crippen LogP contribution in [0.5, 0.6) is 5.75 Å². The first-order valence-corrected chi connectivity index (χ1v) is 7.07. The van der Waals surface area contributed by atoms with Crippen LogP contribution in [0.3, 0.4) is 0 Å². The van der Waals surface area contributed by atoms with Crippen molar-refractivity contribution in [2.24, 2.45) is 0 Å². The standard InChI is InChI=1S/C15H20N2O7/c1-15(2,3)24-14(20)16-11(13(18)19)8-9-7-10(23-4)5-6-12(9)17(21)22/h5-7,11H,8H2,1-4H3,(H,16,20)(H,18,19). The summed E-state index contributed by atoms with van der Waals surface area (Å²) in [5.74, 6) is -0.991. The van der Waals surface area contributed by atoms with E-state index in [-0.39, 0.29) is 17.7 Å². The maximum absolute atomic E-state index is 11.8. The molecule has 9 nitrogen and oxygen atoms in total. The molecule has 0 fully saturated rings. The average molecular weight is 340 g/mol. The van der Waals surface area contributed by atoms with E-state index >= 15 is 0 Å². The number of amides is 1. The molecule has 24 heavy (non-hydrogen) atoms. The predicted molar refractivity (Wildman–Crippen MR) is 84.1 cm³/mol. The molecule has 1 atom stereocenters. The van der Waals surface area contributed by atoms with E-state index in [2.05, 4.69) is 5.32 Å². The number of benzene rings is 1. The third-order valence-corrected chi connectivity index (χ3v) is 2.90. The summed E-state index contributed by atoms with van der Waals surface area (Å²) < 4.78 is 10.0. The van der Waals surface area contributed by atoms with E-state index in [0.29, 0.717) is 5.75 Å². The van der Waals surface area contributed by atoms with Gasteiger partial charge in [0.2, 0.25) is 0 Å². The molecule has 0 radical (unpaired) electrons. The van der Waals surface area contributed by atoms with Crippen molar-refractivity contribution < 1.29 is 29.1 Å². The molecule has 0 heterocycles. The van der Waals surface area contributed by atoms with Crippen LogP contribution in [0.2, 0.25) is 0 Å². The summed E-state index contributed by atoms with van der Waals surface area (Å²) in [4.78, 5) is 33.6. The van der Waals surface area contributed by atoms with Crippen LogP contribution in [-0.2, 0) is 16.0 Å². The number of hydrogen-bond donors (Lipinski definition) is 2. The lowest BCUT2D eigenvalue weighted by Gasteiger charge is -2.22. The fourth-order valence-electron chi connectivity index (χ4n) is 1.90. The summed E-state index contributed by atoms with van der Waals surface area (Å²) in [5, 5.41) is 22.6. The van der Waals surface area contributed by atoms with Crippen LogP contribution in [0.1, 0.15) is 26.3 Å². The van der Waals surface area contributed by atoms with E-state index < -0.39 is 28.6 Å². The Morgan fingerprint density at radius 1 is 1.38 bits per heavy atom. The summed E-state index contributed by atoms with van der Waals surface area (Å²) in [6.07, 6.45) is -1.21. The van der Waals surface area contributed by atoms with Crippen molar-refractivity contribution in [1.29, 1.82) is 0 Å². The summed E-state index contributed by atoms with van der Waals surface area (Å²) in [5.41, 5.74) is -0.925. The fraction of sp³-hybridized carbons (Fsp3) is 0.467. The minimum atomic E-state index is -1.38. The van der Waals surface area contributed by atoms with E-state index in [1.807, 2.05) is 0 Å². The van der Waals surface area contributed by atoms with Gasteiger partial charge >= 0.3 is 12.1 Å². The highest BCUT2D eigenvalue weighted by Gasteiger charge is 2.27. The summed E-state index contributed by atoms with van der Waals surface area (Å²) in [6, 6.07) is 2.61. The molecule has 0 aliphatic carbocycles. The Balaban J connectivity index is 3.02. The number of carboxylic acid groups (broad SMARTS) is 1. The Bertz CT molecular complexity index is 637. The van der Waals surface area contributed by atoms with E-state index in [4.69, 9.17) is 9.47 Å². The van der Waals surface area contributed by atoms with Gasteiger partial charge in [-0.05, 0) is 32.9 Å². The number of carbonyl (C=O) groups is 2. The first-order chi connectivity index (χ1) is 11.0. The van der Waals surface area contributed by atoms with Crippen molar-refractivity contribution in [2.75, 3.05) is 7.11 Å². The van der Waals surface area contributed by atoms with Crippen molar-refractivity contribution in [3.05, 3.63) is 33.9 Å². The Morgan fingerprint density at radius 3 is 2.46 bits per heavy atom. The third kappa shape index (κ3) is 5.75. The van der Waals surface area contributed by atoms with Crippen molar-refractivity contribution in [2.45, 2.75) is 38.8 Å². The number of nitro benzene ring substituents is 1. The van der Waals surface area contributed by atoms with Crippen molar-refractivity contribution in [3.63, 3.8) is 0 Å². The van der Waals surface area contributed by atoms with E-state index in [9.17, 15) is 24.8 Å². The maximum Gasteiger partial charge on any atom is 0.408 e. The number of nitro groups is 1. The van der Waals surface area contributed by atoms with Gasteiger partial charge in [-0.2, -0.15) is 0 Å². The van der Waals surface area contributed by atoms with E-state index in [1.165, 1.54) is 25.3 Å². The molecular weight excluding hydrogens is 320 g/mol. The second kappa shape index (κ2) is 7.62. The lowest BCUT2D eigenvalue weighted by atomic mass is 10.0. The van der Waals surface area contributed by atoms with Gasteiger partial charge in [0.25, 0.3) is 5.69 Å². The van der Waals surface area contributed by atoms with Gasteiger partial charge in [0.05, 0.1) is 12.0 Å². The number of ether oxygens (including phenoxy) is 2. The first-order valence-electron chi connectivity index (χ1n) is 7.07. The normalized spacial score (nSPS) is 12.2. The molecular formula is C15H20N2O7. The molecule has 132 valence electrons. The van der Waals surface area contributed by atoms with Crippen molar-refractivity contribution in [1.82, 2.24) is 5.32 Å². The Morgan fingerprint density at radius 2 is 2.00 bits per heavy atom. The number of methoxy groups -OCH3 is 1. The Labute approximate surface area is 138 Å².